The smallest absolute Gasteiger partial charge is 0.0716 e. The van der Waals surface area contributed by atoms with E-state index in [9.17, 15) is 0 Å². The van der Waals surface area contributed by atoms with Gasteiger partial charge in [0.25, 0.3) is 0 Å². The largest absolute Gasteiger partial charge is 0.260 e. The number of nitrogens with zero attached hydrogens (tertiary/aromatic N) is 2. The van der Waals surface area contributed by atoms with Crippen LogP contribution in [0.4, 0.5) is 0 Å². The molecular weight excluding hydrogens is 633 g/mol. The van der Waals surface area contributed by atoms with Crippen molar-refractivity contribution >= 4 is 77.1 Å². The third-order valence-corrected chi connectivity index (χ3v) is 12.4. The van der Waals surface area contributed by atoms with Crippen LogP contribution in [0.3, 0.4) is 0 Å². The van der Waals surface area contributed by atoms with Gasteiger partial charge >= 0.3 is 0 Å². The highest BCUT2D eigenvalue weighted by Crippen LogP contribution is 2.42. The molecule has 2 aliphatic carbocycles. The van der Waals surface area contributed by atoms with E-state index in [0.717, 1.165) is 53.8 Å². The number of thiophene rings is 2. The van der Waals surface area contributed by atoms with Crippen LogP contribution in [0, 0.1) is 0 Å². The fraction of sp³-hybridized carbons (Fsp3) is 0.111. The van der Waals surface area contributed by atoms with E-state index >= 15 is 0 Å². The number of aryl methyl sites for hydroxylation is 2. The Morgan fingerprint density at radius 3 is 2.04 bits per heavy atom. The molecule has 0 spiro atoms. The van der Waals surface area contributed by atoms with Gasteiger partial charge in [-0.1, -0.05) is 104 Å². The summed E-state index contributed by atoms with van der Waals surface area (Å²) in [6.45, 7) is 6.31. The molecule has 2 aliphatic rings. The molecule has 49 heavy (non-hydrogen) atoms. The van der Waals surface area contributed by atoms with Gasteiger partial charge in [-0.05, 0) is 100 Å². The summed E-state index contributed by atoms with van der Waals surface area (Å²) in [4.78, 5) is 12.8. The molecule has 4 aromatic carbocycles. The van der Waals surface area contributed by atoms with Crippen molar-refractivity contribution < 1.29 is 0 Å². The molecule has 0 radical (unpaired) electrons. The van der Waals surface area contributed by atoms with Gasteiger partial charge in [0.1, 0.15) is 0 Å². The third kappa shape index (κ3) is 5.15. The van der Waals surface area contributed by atoms with Gasteiger partial charge in [0.15, 0.2) is 0 Å². The fourth-order valence-corrected chi connectivity index (χ4v) is 10.1. The standard InChI is InChI=1S/C45H34N2S2/c1-3-29(26-46-28(2)31-14-8-19-38-36-12-4-6-22-42(36)48-44(31)38)32-15-9-18-35-33(16-10-17-34(32)35)30-24-25-41(47-27-30)40-21-11-20-39-37-13-5-7-23-43(37)49-45(39)40/h3,6-11,14-27H,1,4-5,12-13H2,2H3/b29-26+,46-28?. The van der Waals surface area contributed by atoms with Crippen molar-refractivity contribution in [1.29, 1.82) is 0 Å². The summed E-state index contributed by atoms with van der Waals surface area (Å²) in [6, 6.07) is 30.7. The molecule has 7 aromatic rings. The van der Waals surface area contributed by atoms with Crippen molar-refractivity contribution in [3.05, 3.63) is 154 Å². The lowest BCUT2D eigenvalue weighted by molar-refractivity contribution is 1.01. The van der Waals surface area contributed by atoms with Crippen LogP contribution in [0.5, 0.6) is 0 Å². The van der Waals surface area contributed by atoms with Gasteiger partial charge in [-0.3, -0.25) is 9.98 Å². The van der Waals surface area contributed by atoms with E-state index in [0.29, 0.717) is 0 Å². The van der Waals surface area contributed by atoms with E-state index in [2.05, 4.69) is 123 Å². The Balaban J connectivity index is 1.06. The van der Waals surface area contributed by atoms with E-state index in [4.69, 9.17) is 9.98 Å². The summed E-state index contributed by atoms with van der Waals surface area (Å²) in [6.07, 6.45) is 19.5. The molecule has 9 rings (SSSR count). The number of aromatic nitrogens is 1. The maximum atomic E-state index is 5.03. The zero-order chi connectivity index (χ0) is 32.9. The highest BCUT2D eigenvalue weighted by atomic mass is 32.1. The lowest BCUT2D eigenvalue weighted by Crippen LogP contribution is -1.95. The second-order valence-corrected chi connectivity index (χ2v) is 14.9. The minimum Gasteiger partial charge on any atom is -0.260 e. The predicted octanol–water partition coefficient (Wildman–Crippen LogP) is 13.0. The molecule has 0 aliphatic heterocycles. The van der Waals surface area contributed by atoms with Crippen molar-refractivity contribution in [1.82, 2.24) is 4.98 Å². The van der Waals surface area contributed by atoms with Crippen LogP contribution in [0.15, 0.2) is 127 Å². The van der Waals surface area contributed by atoms with E-state index in [1.54, 1.807) is 0 Å². The van der Waals surface area contributed by atoms with Crippen LogP contribution in [0.1, 0.15) is 51.8 Å². The van der Waals surface area contributed by atoms with Gasteiger partial charge in [0.2, 0.25) is 0 Å². The molecule has 3 aromatic heterocycles. The number of fused-ring (bicyclic) bond motifs is 7. The summed E-state index contributed by atoms with van der Waals surface area (Å²) in [5, 5.41) is 5.10. The van der Waals surface area contributed by atoms with Crippen LogP contribution in [0.25, 0.3) is 71.1 Å². The zero-order valence-corrected chi connectivity index (χ0v) is 29.0. The first-order valence-electron chi connectivity index (χ1n) is 17.0. The molecule has 4 heteroatoms. The van der Waals surface area contributed by atoms with E-state index in [-0.39, 0.29) is 0 Å². The lowest BCUT2D eigenvalue weighted by atomic mass is 9.93. The second-order valence-electron chi connectivity index (χ2n) is 12.8. The van der Waals surface area contributed by atoms with Crippen LogP contribution in [-0.2, 0) is 12.8 Å². The first-order chi connectivity index (χ1) is 24.2. The molecule has 0 saturated heterocycles. The molecule has 2 nitrogen and oxygen atoms in total. The molecule has 0 saturated carbocycles. The molecule has 0 N–H and O–H groups in total. The van der Waals surface area contributed by atoms with Gasteiger partial charge in [0.05, 0.1) is 5.69 Å². The fourth-order valence-electron chi connectivity index (χ4n) is 7.48. The van der Waals surface area contributed by atoms with Gasteiger partial charge in [-0.15, -0.1) is 22.7 Å². The predicted molar refractivity (Wildman–Crippen MR) is 215 cm³/mol. The van der Waals surface area contributed by atoms with E-state index in [1.165, 1.54) is 68.5 Å². The monoisotopic (exact) mass is 666 g/mol. The highest BCUT2D eigenvalue weighted by Gasteiger charge is 2.18. The van der Waals surface area contributed by atoms with Crippen molar-refractivity contribution in [3.63, 3.8) is 0 Å². The number of hydrogen-bond donors (Lipinski definition) is 0. The van der Waals surface area contributed by atoms with Crippen molar-refractivity contribution in [2.45, 2.75) is 32.6 Å². The normalized spacial score (nSPS) is 14.5. The number of aliphatic imine (C=N–C) groups is 1. The number of pyridine rings is 1. The van der Waals surface area contributed by atoms with E-state index in [1.807, 2.05) is 41.1 Å². The van der Waals surface area contributed by atoms with Gasteiger partial charge in [0, 0.05) is 54.0 Å². The number of hydrogen-bond acceptors (Lipinski definition) is 4. The van der Waals surface area contributed by atoms with Gasteiger partial charge < -0.3 is 0 Å². The SMILES string of the molecule is C=C/C(=C\N=C(C)c1cccc2c3c(sc12)C=CCC3)c1cccc2c(-c3ccc(-c4cccc5c6c(sc45)C=CCC6)nc3)cccc12. The van der Waals surface area contributed by atoms with Crippen LogP contribution in [0.2, 0.25) is 0 Å². The molecule has 0 atom stereocenters. The molecule has 236 valence electrons. The molecule has 0 fully saturated rings. The molecule has 3 heterocycles. The molecule has 0 unspecified atom stereocenters. The first kappa shape index (κ1) is 29.9. The topological polar surface area (TPSA) is 25.2 Å². The minimum absolute atomic E-state index is 0.998. The Morgan fingerprint density at radius 1 is 0.694 bits per heavy atom. The number of benzene rings is 4. The molecule has 0 bridgehead atoms. The first-order valence-corrected chi connectivity index (χ1v) is 18.6. The Labute approximate surface area is 294 Å². The van der Waals surface area contributed by atoms with Crippen molar-refractivity contribution in [2.75, 3.05) is 0 Å². The summed E-state index contributed by atoms with van der Waals surface area (Å²) >= 11 is 3.77. The van der Waals surface area contributed by atoms with Crippen molar-refractivity contribution in [2.24, 2.45) is 4.99 Å². The highest BCUT2D eigenvalue weighted by molar-refractivity contribution is 7.21. The van der Waals surface area contributed by atoms with Gasteiger partial charge in [-0.2, -0.15) is 0 Å². The Kier molecular flexibility index (Phi) is 7.56. The summed E-state index contributed by atoms with van der Waals surface area (Å²) in [5.41, 5.74) is 11.8. The van der Waals surface area contributed by atoms with E-state index < -0.39 is 0 Å². The van der Waals surface area contributed by atoms with Crippen LogP contribution in [-0.4, -0.2) is 10.7 Å². The third-order valence-electron chi connectivity index (χ3n) is 9.95. The Hall–Kier alpha value is -5.16. The number of rotatable bonds is 6. The molecular formula is C45H34N2S2. The second kappa shape index (κ2) is 12.4. The maximum Gasteiger partial charge on any atom is 0.0716 e. The van der Waals surface area contributed by atoms with Crippen LogP contribution >= 0.6 is 22.7 Å². The summed E-state index contributed by atoms with van der Waals surface area (Å²) < 4.78 is 2.66. The number of allylic oxidation sites excluding steroid dienone is 4. The summed E-state index contributed by atoms with van der Waals surface area (Å²) in [7, 11) is 0. The lowest BCUT2D eigenvalue weighted by Gasteiger charge is -2.12. The average Bonchev–Trinajstić information content (AvgIpc) is 3.74. The Morgan fingerprint density at radius 2 is 1.33 bits per heavy atom. The molecule has 0 amide bonds. The quantitative estimate of drug-likeness (QED) is 0.128. The van der Waals surface area contributed by atoms with Gasteiger partial charge in [-0.25, -0.2) is 0 Å². The average molecular weight is 667 g/mol. The van der Waals surface area contributed by atoms with Crippen molar-refractivity contribution in [3.8, 4) is 22.4 Å². The maximum absolute atomic E-state index is 5.03. The Bertz CT molecular complexity index is 2570. The zero-order valence-electron chi connectivity index (χ0n) is 27.4. The summed E-state index contributed by atoms with van der Waals surface area (Å²) in [5.74, 6) is 0. The van der Waals surface area contributed by atoms with Crippen LogP contribution < -0.4 is 0 Å². The minimum atomic E-state index is 0.998.